The molecule has 0 radical (unpaired) electrons. The molecule has 0 fully saturated rings. The monoisotopic (exact) mass is 509 g/mol. The Labute approximate surface area is 211 Å². The number of hydrogen-bond donors (Lipinski definition) is 2. The van der Waals surface area contributed by atoms with E-state index in [-0.39, 0.29) is 18.3 Å². The molecule has 0 saturated heterocycles. The number of thiophene rings is 1. The van der Waals surface area contributed by atoms with Crippen LogP contribution in [0.3, 0.4) is 0 Å². The lowest BCUT2D eigenvalue weighted by atomic mass is 9.96. The lowest BCUT2D eigenvalue weighted by Crippen LogP contribution is -2.15. The molecule has 2 N–H and O–H groups in total. The molecule has 0 aliphatic heterocycles. The molecule has 0 atom stereocenters. The van der Waals surface area contributed by atoms with Crippen molar-refractivity contribution in [3.63, 3.8) is 0 Å². The number of nitrogens with zero attached hydrogens (tertiary/aromatic N) is 3. The van der Waals surface area contributed by atoms with E-state index in [1.807, 2.05) is 24.3 Å². The van der Waals surface area contributed by atoms with Crippen molar-refractivity contribution in [2.24, 2.45) is 0 Å². The summed E-state index contributed by atoms with van der Waals surface area (Å²) in [5, 5.41) is 13.6. The lowest BCUT2D eigenvalue weighted by Gasteiger charge is -2.11. The summed E-state index contributed by atoms with van der Waals surface area (Å²) in [6.07, 6.45) is 6.59. The van der Waals surface area contributed by atoms with Gasteiger partial charge in [0.15, 0.2) is 5.65 Å². The lowest BCUT2D eigenvalue weighted by molar-refractivity contribution is -0.115. The van der Waals surface area contributed by atoms with Gasteiger partial charge in [0.2, 0.25) is 11.1 Å². The van der Waals surface area contributed by atoms with Gasteiger partial charge in [-0.05, 0) is 44.2 Å². The standard InChI is InChI=1S/C25H27N5O3S2/c1-2-33-24(32)20-16-10-5-3-4-6-12-18(16)35-23(20)27-19(31)13-14-34-25-28-22-21(29-30-25)15-9-7-8-11-17(15)26-22/h7-9,11H,2-6,10,12-14H2,1H3,(H,27,31)(H,26,28,30). The van der Waals surface area contributed by atoms with Crippen LogP contribution in [0.15, 0.2) is 29.4 Å². The maximum absolute atomic E-state index is 12.8. The van der Waals surface area contributed by atoms with Gasteiger partial charge in [-0.2, -0.15) is 0 Å². The fourth-order valence-electron chi connectivity index (χ4n) is 4.42. The van der Waals surface area contributed by atoms with Crippen LogP contribution >= 0.6 is 23.1 Å². The molecule has 182 valence electrons. The average Bonchev–Trinajstić information content (AvgIpc) is 3.36. The number of benzene rings is 1. The second kappa shape index (κ2) is 10.7. The zero-order chi connectivity index (χ0) is 24.2. The van der Waals surface area contributed by atoms with Crippen LogP contribution in [0.2, 0.25) is 0 Å². The summed E-state index contributed by atoms with van der Waals surface area (Å²) in [4.78, 5) is 34.5. The van der Waals surface area contributed by atoms with Crippen LogP contribution in [0.25, 0.3) is 22.1 Å². The van der Waals surface area contributed by atoms with Gasteiger partial charge in [0.05, 0.1) is 12.2 Å². The number of rotatable bonds is 7. The van der Waals surface area contributed by atoms with Crippen LogP contribution in [0.1, 0.15) is 59.8 Å². The van der Waals surface area contributed by atoms with Gasteiger partial charge in [0.1, 0.15) is 10.5 Å². The van der Waals surface area contributed by atoms with Crippen molar-refractivity contribution in [3.8, 4) is 0 Å². The number of amides is 1. The smallest absolute Gasteiger partial charge is 0.341 e. The van der Waals surface area contributed by atoms with Gasteiger partial charge in [0.25, 0.3) is 0 Å². The Kier molecular flexibility index (Phi) is 7.29. The van der Waals surface area contributed by atoms with Gasteiger partial charge >= 0.3 is 5.97 Å². The minimum absolute atomic E-state index is 0.142. The van der Waals surface area contributed by atoms with E-state index in [1.165, 1.54) is 34.4 Å². The van der Waals surface area contributed by atoms with Crippen molar-refractivity contribution in [2.75, 3.05) is 17.7 Å². The summed E-state index contributed by atoms with van der Waals surface area (Å²) < 4.78 is 5.33. The molecule has 3 heterocycles. The number of thioether (sulfide) groups is 1. The van der Waals surface area contributed by atoms with Crippen molar-refractivity contribution in [3.05, 3.63) is 40.3 Å². The molecule has 5 rings (SSSR count). The molecule has 1 aliphatic carbocycles. The number of anilines is 1. The van der Waals surface area contributed by atoms with Gasteiger partial charge in [-0.1, -0.05) is 42.8 Å². The minimum atomic E-state index is -0.346. The van der Waals surface area contributed by atoms with E-state index in [9.17, 15) is 9.59 Å². The van der Waals surface area contributed by atoms with Crippen molar-refractivity contribution >= 4 is 62.0 Å². The van der Waals surface area contributed by atoms with E-state index >= 15 is 0 Å². The topological polar surface area (TPSA) is 110 Å². The van der Waals surface area contributed by atoms with Crippen molar-refractivity contribution in [2.45, 2.75) is 57.0 Å². The first kappa shape index (κ1) is 23.7. The number of aromatic amines is 1. The first-order valence-electron chi connectivity index (χ1n) is 12.0. The molecule has 10 heteroatoms. The Morgan fingerprint density at radius 2 is 1.97 bits per heavy atom. The highest BCUT2D eigenvalue weighted by molar-refractivity contribution is 7.99. The summed E-state index contributed by atoms with van der Waals surface area (Å²) in [6, 6.07) is 7.88. The highest BCUT2D eigenvalue weighted by Gasteiger charge is 2.26. The van der Waals surface area contributed by atoms with Crippen LogP contribution < -0.4 is 5.32 Å². The fourth-order valence-corrected chi connectivity index (χ4v) is 6.44. The van der Waals surface area contributed by atoms with Crippen molar-refractivity contribution in [1.82, 2.24) is 20.2 Å². The van der Waals surface area contributed by atoms with Crippen LogP contribution in [0.4, 0.5) is 5.00 Å². The highest BCUT2D eigenvalue weighted by Crippen LogP contribution is 2.37. The van der Waals surface area contributed by atoms with Gasteiger partial charge < -0.3 is 15.0 Å². The van der Waals surface area contributed by atoms with Crippen LogP contribution in [-0.2, 0) is 22.4 Å². The number of hydrogen-bond acceptors (Lipinski definition) is 8. The summed E-state index contributed by atoms with van der Waals surface area (Å²) in [6.45, 7) is 2.11. The van der Waals surface area contributed by atoms with E-state index in [2.05, 4.69) is 25.5 Å². The molecular formula is C25H27N5O3S2. The minimum Gasteiger partial charge on any atom is -0.462 e. The predicted molar refractivity (Wildman–Crippen MR) is 139 cm³/mol. The molecule has 0 bridgehead atoms. The third-order valence-electron chi connectivity index (χ3n) is 6.07. The number of ether oxygens (including phenoxy) is 1. The Bertz CT molecular complexity index is 1380. The van der Waals surface area contributed by atoms with E-state index in [0.717, 1.165) is 54.1 Å². The molecule has 0 spiro atoms. The number of para-hydroxylation sites is 1. The number of aryl methyl sites for hydroxylation is 1. The number of carbonyl (C=O) groups is 2. The van der Waals surface area contributed by atoms with Gasteiger partial charge in [-0.25, -0.2) is 9.78 Å². The summed E-state index contributed by atoms with van der Waals surface area (Å²) in [7, 11) is 0. The molecule has 3 aromatic heterocycles. The molecule has 8 nitrogen and oxygen atoms in total. The first-order chi connectivity index (χ1) is 17.1. The first-order valence-corrected chi connectivity index (χ1v) is 13.8. The zero-order valence-corrected chi connectivity index (χ0v) is 21.2. The third kappa shape index (κ3) is 5.18. The van der Waals surface area contributed by atoms with Crippen molar-refractivity contribution < 1.29 is 14.3 Å². The third-order valence-corrected chi connectivity index (χ3v) is 8.11. The summed E-state index contributed by atoms with van der Waals surface area (Å²) in [5.74, 6) is 0.0114. The number of carbonyl (C=O) groups excluding carboxylic acids is 2. The van der Waals surface area contributed by atoms with E-state index in [0.29, 0.717) is 33.7 Å². The molecule has 0 unspecified atom stereocenters. The Morgan fingerprint density at radius 3 is 2.83 bits per heavy atom. The number of H-pyrrole nitrogens is 1. The maximum atomic E-state index is 12.8. The second-order valence-electron chi connectivity index (χ2n) is 8.45. The average molecular weight is 510 g/mol. The SMILES string of the molecule is CCOC(=O)c1c(NC(=O)CCSc2nnc3c(n2)[nH]c2ccccc23)sc2c1CCCCCC2. The zero-order valence-electron chi connectivity index (χ0n) is 19.6. The van der Waals surface area contributed by atoms with Gasteiger partial charge in [0, 0.05) is 28.0 Å². The van der Waals surface area contributed by atoms with E-state index in [4.69, 9.17) is 4.74 Å². The maximum Gasteiger partial charge on any atom is 0.341 e. The van der Waals surface area contributed by atoms with E-state index < -0.39 is 0 Å². The number of fused-ring (bicyclic) bond motifs is 4. The van der Waals surface area contributed by atoms with Crippen LogP contribution in [0.5, 0.6) is 0 Å². The number of aromatic nitrogens is 4. The molecule has 1 aromatic carbocycles. The van der Waals surface area contributed by atoms with Gasteiger partial charge in [-0.3, -0.25) is 4.79 Å². The molecule has 1 aliphatic rings. The number of nitrogens with one attached hydrogen (secondary N) is 2. The summed E-state index contributed by atoms with van der Waals surface area (Å²) >= 11 is 2.90. The van der Waals surface area contributed by atoms with E-state index in [1.54, 1.807) is 6.92 Å². The largest absolute Gasteiger partial charge is 0.462 e. The Balaban J connectivity index is 1.25. The van der Waals surface area contributed by atoms with Crippen LogP contribution in [-0.4, -0.2) is 44.4 Å². The normalized spacial score (nSPS) is 13.9. The van der Waals surface area contributed by atoms with Gasteiger partial charge in [-0.15, -0.1) is 21.5 Å². The molecular weight excluding hydrogens is 482 g/mol. The number of esters is 1. The second-order valence-corrected chi connectivity index (χ2v) is 10.6. The Hall–Kier alpha value is -2.98. The molecule has 35 heavy (non-hydrogen) atoms. The molecule has 0 saturated carbocycles. The highest BCUT2D eigenvalue weighted by atomic mass is 32.2. The Morgan fingerprint density at radius 1 is 1.14 bits per heavy atom. The summed E-state index contributed by atoms with van der Waals surface area (Å²) in [5.41, 5.74) is 3.99. The quantitative estimate of drug-likeness (QED) is 0.249. The molecule has 4 aromatic rings. The molecule has 1 amide bonds. The van der Waals surface area contributed by atoms with Crippen LogP contribution in [0, 0.1) is 0 Å². The van der Waals surface area contributed by atoms with Crippen molar-refractivity contribution in [1.29, 1.82) is 0 Å². The fraction of sp³-hybridized carbons (Fsp3) is 0.400. The predicted octanol–water partition coefficient (Wildman–Crippen LogP) is 5.52.